The summed E-state index contributed by atoms with van der Waals surface area (Å²) in [5, 5.41) is 23.3. The van der Waals surface area contributed by atoms with Gasteiger partial charge in [0, 0.05) is 16.7 Å². The van der Waals surface area contributed by atoms with Gasteiger partial charge in [-0.1, -0.05) is 23.2 Å². The Morgan fingerprint density at radius 3 is 2.65 bits per heavy atom. The van der Waals surface area contributed by atoms with Crippen molar-refractivity contribution in [1.29, 1.82) is 0 Å². The monoisotopic (exact) mass is 354 g/mol. The average molecular weight is 355 g/mol. The number of nitrogens with zero attached hydrogens (tertiary/aromatic N) is 1. The molecule has 0 fully saturated rings. The van der Waals surface area contributed by atoms with E-state index in [2.05, 4.69) is 10.5 Å². The number of phenolic OH excluding ortho intramolecular Hbond substituents is 2. The molecule has 2 aromatic carbocycles. The van der Waals surface area contributed by atoms with Crippen molar-refractivity contribution in [2.75, 3.05) is 7.11 Å². The Balaban J connectivity index is 2.17. The molecule has 0 saturated heterocycles. The minimum Gasteiger partial charge on any atom is -0.508 e. The number of benzene rings is 2. The number of hydrazone groups is 1. The largest absolute Gasteiger partial charge is 0.508 e. The lowest BCUT2D eigenvalue weighted by molar-refractivity contribution is 0.0952. The molecule has 0 unspecified atom stereocenters. The van der Waals surface area contributed by atoms with Gasteiger partial charge in [0.25, 0.3) is 5.91 Å². The van der Waals surface area contributed by atoms with Crippen molar-refractivity contribution in [2.24, 2.45) is 5.10 Å². The van der Waals surface area contributed by atoms with E-state index in [9.17, 15) is 15.0 Å². The molecule has 2 aromatic rings. The highest BCUT2D eigenvalue weighted by Gasteiger charge is 2.11. The van der Waals surface area contributed by atoms with E-state index in [1.165, 1.54) is 31.5 Å². The Bertz CT molecular complexity index is 778. The van der Waals surface area contributed by atoms with E-state index < -0.39 is 5.91 Å². The molecule has 0 heterocycles. The summed E-state index contributed by atoms with van der Waals surface area (Å²) in [6.45, 7) is 0. The van der Waals surface area contributed by atoms with Gasteiger partial charge in [0.15, 0.2) is 0 Å². The summed E-state index contributed by atoms with van der Waals surface area (Å²) in [5.41, 5.74) is 2.69. The van der Waals surface area contributed by atoms with Crippen LogP contribution in [0, 0.1) is 0 Å². The molecule has 8 heteroatoms. The molecule has 0 radical (unpaired) electrons. The third-order valence-corrected chi connectivity index (χ3v) is 3.34. The van der Waals surface area contributed by atoms with Gasteiger partial charge in [-0.05, 0) is 24.3 Å². The molecule has 0 aliphatic rings. The number of halogens is 2. The Kier molecular flexibility index (Phi) is 5.31. The van der Waals surface area contributed by atoms with Gasteiger partial charge in [-0.3, -0.25) is 4.79 Å². The molecule has 1 amide bonds. The fourth-order valence-electron chi connectivity index (χ4n) is 1.82. The second-order valence-corrected chi connectivity index (χ2v) is 5.25. The van der Waals surface area contributed by atoms with Gasteiger partial charge in [0.2, 0.25) is 0 Å². The molecule has 0 saturated carbocycles. The summed E-state index contributed by atoms with van der Waals surface area (Å²) in [7, 11) is 1.44. The zero-order valence-electron chi connectivity index (χ0n) is 11.9. The van der Waals surface area contributed by atoms with Gasteiger partial charge in [-0.15, -0.1) is 0 Å². The molecule has 3 N–H and O–H groups in total. The summed E-state index contributed by atoms with van der Waals surface area (Å²) < 4.78 is 5.14. The molecular formula is C15H12Cl2N2O4. The minimum absolute atomic E-state index is 0.0314. The maximum atomic E-state index is 11.9. The van der Waals surface area contributed by atoms with Gasteiger partial charge in [-0.2, -0.15) is 5.10 Å². The second-order valence-electron chi connectivity index (χ2n) is 4.41. The zero-order valence-corrected chi connectivity index (χ0v) is 13.4. The second kappa shape index (κ2) is 7.21. The van der Waals surface area contributed by atoms with E-state index in [1.54, 1.807) is 6.07 Å². The number of phenols is 2. The third kappa shape index (κ3) is 4.06. The molecule has 120 valence electrons. The number of hydrogen-bond acceptors (Lipinski definition) is 5. The maximum Gasteiger partial charge on any atom is 0.275 e. The van der Waals surface area contributed by atoms with Crippen molar-refractivity contribution in [2.45, 2.75) is 0 Å². The molecule has 6 nitrogen and oxygen atoms in total. The predicted molar refractivity (Wildman–Crippen MR) is 87.8 cm³/mol. The Labute approximate surface area is 141 Å². The van der Waals surface area contributed by atoms with Gasteiger partial charge < -0.3 is 14.9 Å². The molecule has 0 aromatic heterocycles. The summed E-state index contributed by atoms with van der Waals surface area (Å²) in [4.78, 5) is 11.9. The van der Waals surface area contributed by atoms with Crippen LogP contribution in [0.4, 0.5) is 0 Å². The molecule has 2 rings (SSSR count). The van der Waals surface area contributed by atoms with Crippen LogP contribution >= 0.6 is 23.2 Å². The first-order chi connectivity index (χ1) is 10.9. The lowest BCUT2D eigenvalue weighted by Gasteiger charge is -2.07. The Morgan fingerprint density at radius 2 is 2.00 bits per heavy atom. The molecule has 0 spiro atoms. The van der Waals surface area contributed by atoms with Gasteiger partial charge in [-0.25, -0.2) is 5.43 Å². The van der Waals surface area contributed by atoms with Crippen molar-refractivity contribution < 1.29 is 19.7 Å². The average Bonchev–Trinajstić information content (AvgIpc) is 2.46. The van der Waals surface area contributed by atoms with E-state index in [1.807, 2.05) is 0 Å². The fraction of sp³-hybridized carbons (Fsp3) is 0.0667. The van der Waals surface area contributed by atoms with Crippen molar-refractivity contribution in [3.05, 3.63) is 51.5 Å². The lowest BCUT2D eigenvalue weighted by atomic mass is 10.2. The molecule has 23 heavy (non-hydrogen) atoms. The van der Waals surface area contributed by atoms with Crippen LogP contribution in [-0.4, -0.2) is 29.4 Å². The highest BCUT2D eigenvalue weighted by molar-refractivity contribution is 6.36. The first-order valence-electron chi connectivity index (χ1n) is 6.30. The van der Waals surface area contributed by atoms with Crippen LogP contribution in [0.25, 0.3) is 0 Å². The van der Waals surface area contributed by atoms with Crippen LogP contribution in [-0.2, 0) is 0 Å². The smallest absolute Gasteiger partial charge is 0.275 e. The summed E-state index contributed by atoms with van der Waals surface area (Å²) >= 11 is 11.9. The van der Waals surface area contributed by atoms with Crippen molar-refractivity contribution in [3.8, 4) is 17.2 Å². The van der Waals surface area contributed by atoms with Crippen LogP contribution in [0.3, 0.4) is 0 Å². The molecule has 0 aliphatic heterocycles. The number of hydrogen-bond donors (Lipinski definition) is 3. The molecule has 0 atom stereocenters. The number of carbonyl (C=O) groups excluding carboxylic acids is 1. The van der Waals surface area contributed by atoms with Crippen molar-refractivity contribution >= 4 is 35.3 Å². The molecule has 0 aliphatic carbocycles. The van der Waals surface area contributed by atoms with Crippen molar-refractivity contribution in [3.63, 3.8) is 0 Å². The maximum absolute atomic E-state index is 11.9. The van der Waals surface area contributed by atoms with Crippen LogP contribution in [0.5, 0.6) is 17.2 Å². The van der Waals surface area contributed by atoms with Crippen LogP contribution in [0.1, 0.15) is 15.9 Å². The predicted octanol–water partition coefficient (Wildman–Crippen LogP) is 3.18. The number of rotatable bonds is 4. The van der Waals surface area contributed by atoms with E-state index in [0.717, 1.165) is 6.07 Å². The van der Waals surface area contributed by atoms with Crippen molar-refractivity contribution in [1.82, 2.24) is 5.43 Å². The fourth-order valence-corrected chi connectivity index (χ4v) is 2.41. The highest BCUT2D eigenvalue weighted by Crippen LogP contribution is 2.31. The van der Waals surface area contributed by atoms with E-state index >= 15 is 0 Å². The minimum atomic E-state index is -0.647. The number of amides is 1. The van der Waals surface area contributed by atoms with Gasteiger partial charge >= 0.3 is 0 Å². The van der Waals surface area contributed by atoms with E-state index in [0.29, 0.717) is 21.4 Å². The van der Waals surface area contributed by atoms with E-state index in [-0.39, 0.29) is 17.1 Å². The van der Waals surface area contributed by atoms with E-state index in [4.69, 9.17) is 27.9 Å². The first-order valence-corrected chi connectivity index (χ1v) is 7.06. The number of carbonyl (C=O) groups is 1. The normalized spacial score (nSPS) is 10.7. The molecule has 0 bridgehead atoms. The Morgan fingerprint density at radius 1 is 1.26 bits per heavy atom. The number of methoxy groups -OCH3 is 1. The van der Waals surface area contributed by atoms with Crippen LogP contribution < -0.4 is 10.2 Å². The quantitative estimate of drug-likeness (QED) is 0.580. The third-order valence-electron chi connectivity index (χ3n) is 2.84. The van der Waals surface area contributed by atoms with Gasteiger partial charge in [0.05, 0.1) is 23.9 Å². The standard InChI is InChI=1S/C15H12Cl2N2O4/c1-23-14-8(4-9(16)5-12(14)17)7-18-19-15(22)11-3-2-10(20)6-13(11)21/h2-7,20-21H,1H3,(H,19,22). The SMILES string of the molecule is COc1c(Cl)cc(Cl)cc1C=NNC(=O)c1ccc(O)cc1O. The highest BCUT2D eigenvalue weighted by atomic mass is 35.5. The summed E-state index contributed by atoms with van der Waals surface area (Å²) in [5.74, 6) is -0.797. The topological polar surface area (TPSA) is 91.2 Å². The summed E-state index contributed by atoms with van der Waals surface area (Å²) in [6, 6.07) is 6.69. The molecular weight excluding hydrogens is 343 g/mol. The van der Waals surface area contributed by atoms with Gasteiger partial charge in [0.1, 0.15) is 17.2 Å². The zero-order chi connectivity index (χ0) is 17.0. The number of nitrogens with one attached hydrogen (secondary N) is 1. The number of ether oxygens (including phenoxy) is 1. The number of aromatic hydroxyl groups is 2. The Hall–Kier alpha value is -2.44. The van der Waals surface area contributed by atoms with Crippen LogP contribution in [0.2, 0.25) is 10.0 Å². The van der Waals surface area contributed by atoms with Crippen LogP contribution in [0.15, 0.2) is 35.4 Å². The summed E-state index contributed by atoms with van der Waals surface area (Å²) in [6.07, 6.45) is 1.31. The first kappa shape index (κ1) is 16.9. The lowest BCUT2D eigenvalue weighted by Crippen LogP contribution is -2.17.